The van der Waals surface area contributed by atoms with Gasteiger partial charge in [-0.25, -0.2) is 4.98 Å². The fourth-order valence-electron chi connectivity index (χ4n) is 3.01. The lowest BCUT2D eigenvalue weighted by Crippen LogP contribution is -2.44. The first-order valence-corrected chi connectivity index (χ1v) is 8.00. The van der Waals surface area contributed by atoms with E-state index in [1.165, 1.54) is 0 Å². The number of nitrogens with zero attached hydrogens (tertiary/aromatic N) is 2. The predicted octanol–water partition coefficient (Wildman–Crippen LogP) is 3.10. The minimum Gasteiger partial charge on any atom is -0.370 e. The highest BCUT2D eigenvalue weighted by Crippen LogP contribution is 2.35. The SMILES string of the molecule is COC1(C(=O)Cc2cn3ccsc3n2)CCC(C)CC1. The highest BCUT2D eigenvalue weighted by atomic mass is 32.1. The Morgan fingerprint density at radius 2 is 2.30 bits per heavy atom. The van der Waals surface area contributed by atoms with Crippen molar-refractivity contribution in [3.05, 3.63) is 23.5 Å². The fraction of sp³-hybridized carbons (Fsp3) is 0.600. The van der Waals surface area contributed by atoms with Crippen LogP contribution in [0.5, 0.6) is 0 Å². The molecule has 0 saturated heterocycles. The number of ketones is 1. The number of imidazole rings is 1. The van der Waals surface area contributed by atoms with Gasteiger partial charge in [-0.05, 0) is 31.6 Å². The number of hydrogen-bond donors (Lipinski definition) is 0. The largest absolute Gasteiger partial charge is 0.370 e. The summed E-state index contributed by atoms with van der Waals surface area (Å²) in [5.74, 6) is 0.877. The maximum absolute atomic E-state index is 12.7. The van der Waals surface area contributed by atoms with Crippen molar-refractivity contribution in [1.29, 1.82) is 0 Å². The number of ether oxygens (including phenoxy) is 1. The Hall–Kier alpha value is -1.20. The van der Waals surface area contributed by atoms with Gasteiger partial charge in [0.2, 0.25) is 0 Å². The highest BCUT2D eigenvalue weighted by Gasteiger charge is 2.40. The van der Waals surface area contributed by atoms with E-state index in [0.717, 1.165) is 36.3 Å². The summed E-state index contributed by atoms with van der Waals surface area (Å²) in [6, 6.07) is 0. The van der Waals surface area contributed by atoms with Crippen LogP contribution in [0.15, 0.2) is 17.8 Å². The summed E-state index contributed by atoms with van der Waals surface area (Å²) in [6.45, 7) is 2.24. The first kappa shape index (κ1) is 13.8. The average molecular weight is 292 g/mol. The quantitative estimate of drug-likeness (QED) is 0.869. The maximum Gasteiger partial charge on any atom is 0.193 e. The van der Waals surface area contributed by atoms with E-state index < -0.39 is 5.60 Å². The second-order valence-electron chi connectivity index (χ2n) is 5.81. The molecule has 0 radical (unpaired) electrons. The van der Waals surface area contributed by atoms with Gasteiger partial charge in [0.15, 0.2) is 10.7 Å². The Kier molecular flexibility index (Phi) is 3.65. The molecule has 3 rings (SSSR count). The Labute approximate surface area is 122 Å². The van der Waals surface area contributed by atoms with E-state index in [-0.39, 0.29) is 5.78 Å². The lowest BCUT2D eigenvalue weighted by Gasteiger charge is -2.36. The van der Waals surface area contributed by atoms with E-state index in [9.17, 15) is 4.79 Å². The molecule has 4 nitrogen and oxygen atoms in total. The molecule has 0 N–H and O–H groups in total. The third-order valence-electron chi connectivity index (χ3n) is 4.47. The van der Waals surface area contributed by atoms with Gasteiger partial charge in [-0.3, -0.25) is 9.20 Å². The van der Waals surface area contributed by atoms with Crippen LogP contribution in [0.25, 0.3) is 4.96 Å². The van der Waals surface area contributed by atoms with Crippen molar-refractivity contribution < 1.29 is 9.53 Å². The zero-order valence-electron chi connectivity index (χ0n) is 12.0. The molecular weight excluding hydrogens is 272 g/mol. The van der Waals surface area contributed by atoms with Crippen molar-refractivity contribution >= 4 is 22.1 Å². The minimum atomic E-state index is -0.580. The molecule has 20 heavy (non-hydrogen) atoms. The Morgan fingerprint density at radius 3 is 2.95 bits per heavy atom. The lowest BCUT2D eigenvalue weighted by atomic mass is 9.76. The van der Waals surface area contributed by atoms with E-state index in [0.29, 0.717) is 12.3 Å². The maximum atomic E-state index is 12.7. The van der Waals surface area contributed by atoms with Gasteiger partial charge in [-0.2, -0.15) is 0 Å². The van der Waals surface area contributed by atoms with Crippen molar-refractivity contribution in [3.8, 4) is 0 Å². The molecule has 5 heteroatoms. The monoisotopic (exact) mass is 292 g/mol. The van der Waals surface area contributed by atoms with Gasteiger partial charge in [-0.15, -0.1) is 11.3 Å². The van der Waals surface area contributed by atoms with Crippen LogP contribution in [0.3, 0.4) is 0 Å². The van der Waals surface area contributed by atoms with Crippen LogP contribution in [0.2, 0.25) is 0 Å². The van der Waals surface area contributed by atoms with Gasteiger partial charge >= 0.3 is 0 Å². The molecule has 0 amide bonds. The van der Waals surface area contributed by atoms with E-state index in [2.05, 4.69) is 11.9 Å². The highest BCUT2D eigenvalue weighted by molar-refractivity contribution is 7.15. The summed E-state index contributed by atoms with van der Waals surface area (Å²) in [5, 5.41) is 1.99. The molecule has 1 aliphatic carbocycles. The normalized spacial score (nSPS) is 27.0. The van der Waals surface area contributed by atoms with Gasteiger partial charge < -0.3 is 4.74 Å². The van der Waals surface area contributed by atoms with Crippen molar-refractivity contribution in [2.24, 2.45) is 5.92 Å². The number of Topliss-reactive ketones (excluding diaryl/α,β-unsaturated/α-hetero) is 1. The molecule has 108 valence electrons. The Bertz CT molecular complexity index is 580. The van der Waals surface area contributed by atoms with Crippen LogP contribution in [0, 0.1) is 5.92 Å². The van der Waals surface area contributed by atoms with Crippen molar-refractivity contribution in [2.45, 2.75) is 44.6 Å². The Balaban J connectivity index is 1.75. The molecule has 1 saturated carbocycles. The molecular formula is C15H20N2O2S. The standard InChI is InChI=1S/C15H20N2O2S/c1-11-3-5-15(19-2,6-4-11)13(18)9-12-10-17-7-8-20-14(17)16-12/h7-8,10-11H,3-6,9H2,1-2H3. The number of hydrogen-bond acceptors (Lipinski definition) is 4. The predicted molar refractivity (Wildman–Crippen MR) is 79.2 cm³/mol. The number of rotatable bonds is 4. The summed E-state index contributed by atoms with van der Waals surface area (Å²) >= 11 is 1.59. The zero-order chi connectivity index (χ0) is 14.2. The molecule has 0 atom stereocenters. The zero-order valence-corrected chi connectivity index (χ0v) is 12.8. The first-order chi connectivity index (χ1) is 9.63. The number of carbonyl (C=O) groups is 1. The second kappa shape index (κ2) is 5.30. The molecule has 0 aliphatic heterocycles. The summed E-state index contributed by atoms with van der Waals surface area (Å²) in [5.41, 5.74) is 0.265. The van der Waals surface area contributed by atoms with Crippen molar-refractivity contribution in [2.75, 3.05) is 7.11 Å². The number of aromatic nitrogens is 2. The van der Waals surface area contributed by atoms with Gasteiger partial charge in [-0.1, -0.05) is 6.92 Å². The van der Waals surface area contributed by atoms with Crippen molar-refractivity contribution in [1.82, 2.24) is 9.38 Å². The first-order valence-electron chi connectivity index (χ1n) is 7.12. The number of thiazole rings is 1. The van der Waals surface area contributed by atoms with Gasteiger partial charge in [0.1, 0.15) is 5.60 Å². The van der Waals surface area contributed by atoms with Gasteiger partial charge in [0.05, 0.1) is 12.1 Å². The van der Waals surface area contributed by atoms with Crippen LogP contribution in [0.1, 0.15) is 38.3 Å². The number of fused-ring (bicyclic) bond motifs is 1. The summed E-state index contributed by atoms with van der Waals surface area (Å²) in [4.78, 5) is 18.1. The molecule has 2 aromatic rings. The van der Waals surface area contributed by atoms with Crippen LogP contribution >= 0.6 is 11.3 Å². The fourth-order valence-corrected chi connectivity index (χ4v) is 3.73. The van der Waals surface area contributed by atoms with Crippen LogP contribution in [-0.4, -0.2) is 27.9 Å². The summed E-state index contributed by atoms with van der Waals surface area (Å²) in [6.07, 6.45) is 8.09. The lowest BCUT2D eigenvalue weighted by molar-refractivity contribution is -0.145. The molecule has 1 fully saturated rings. The smallest absolute Gasteiger partial charge is 0.193 e. The van der Waals surface area contributed by atoms with Crippen LogP contribution in [-0.2, 0) is 16.0 Å². The molecule has 0 bridgehead atoms. The second-order valence-corrected chi connectivity index (χ2v) is 6.68. The Morgan fingerprint density at radius 1 is 1.55 bits per heavy atom. The summed E-state index contributed by atoms with van der Waals surface area (Å²) in [7, 11) is 1.67. The van der Waals surface area contributed by atoms with Crippen LogP contribution < -0.4 is 0 Å². The van der Waals surface area contributed by atoms with Crippen LogP contribution in [0.4, 0.5) is 0 Å². The van der Waals surface area contributed by atoms with E-state index >= 15 is 0 Å². The molecule has 2 aromatic heterocycles. The summed E-state index contributed by atoms with van der Waals surface area (Å²) < 4.78 is 7.60. The van der Waals surface area contributed by atoms with Gasteiger partial charge in [0.25, 0.3) is 0 Å². The number of carbonyl (C=O) groups excluding carboxylic acids is 1. The molecule has 1 aliphatic rings. The number of methoxy groups -OCH3 is 1. The van der Waals surface area contributed by atoms with E-state index in [1.54, 1.807) is 18.4 Å². The third-order valence-corrected chi connectivity index (χ3v) is 5.24. The molecule has 2 heterocycles. The molecule has 0 aromatic carbocycles. The average Bonchev–Trinajstić information content (AvgIpc) is 3.01. The van der Waals surface area contributed by atoms with Crippen molar-refractivity contribution in [3.63, 3.8) is 0 Å². The minimum absolute atomic E-state index is 0.178. The molecule has 0 spiro atoms. The third kappa shape index (κ3) is 2.40. The topological polar surface area (TPSA) is 43.6 Å². The van der Waals surface area contributed by atoms with Gasteiger partial charge in [0, 0.05) is 24.9 Å². The van der Waals surface area contributed by atoms with E-state index in [4.69, 9.17) is 4.74 Å². The molecule has 0 unspecified atom stereocenters. The van der Waals surface area contributed by atoms with E-state index in [1.807, 2.05) is 22.2 Å².